The van der Waals surface area contributed by atoms with Crippen molar-refractivity contribution in [3.05, 3.63) is 192 Å². The molecule has 0 aromatic heterocycles. The van der Waals surface area contributed by atoms with Crippen molar-refractivity contribution < 1.29 is 0 Å². The molecule has 0 radical (unpaired) electrons. The second kappa shape index (κ2) is 11.7. The summed E-state index contributed by atoms with van der Waals surface area (Å²) in [5.41, 5.74) is 12.0. The Labute approximate surface area is 237 Å². The van der Waals surface area contributed by atoms with E-state index in [1.54, 1.807) is 0 Å². The van der Waals surface area contributed by atoms with E-state index in [9.17, 15) is 0 Å². The molecule has 6 aromatic carbocycles. The molecule has 0 unspecified atom stereocenters. The molecule has 0 aliphatic carbocycles. The van der Waals surface area contributed by atoms with Crippen molar-refractivity contribution in [3.8, 4) is 11.1 Å². The highest BCUT2D eigenvalue weighted by atomic mass is 15.1. The van der Waals surface area contributed by atoms with Crippen LogP contribution in [0, 0.1) is 0 Å². The first kappa shape index (κ1) is 25.2. The zero-order chi connectivity index (χ0) is 27.1. The van der Waals surface area contributed by atoms with Gasteiger partial charge in [-0.15, -0.1) is 0 Å². The average molecular weight is 514 g/mol. The summed E-state index contributed by atoms with van der Waals surface area (Å²) in [7, 11) is 2.10. The normalized spacial score (nSPS) is 10.6. The third kappa shape index (κ3) is 5.36. The van der Waals surface area contributed by atoms with Crippen LogP contribution in [0.15, 0.2) is 170 Å². The van der Waals surface area contributed by atoms with Gasteiger partial charge in [-0.2, -0.15) is 0 Å². The lowest BCUT2D eigenvalue weighted by Gasteiger charge is -2.20. The van der Waals surface area contributed by atoms with Gasteiger partial charge in [0.25, 0.3) is 0 Å². The van der Waals surface area contributed by atoms with E-state index in [2.05, 4.69) is 176 Å². The van der Waals surface area contributed by atoms with Gasteiger partial charge >= 0.3 is 0 Å². The fourth-order valence-electron chi connectivity index (χ4n) is 5.23. The van der Waals surface area contributed by atoms with Gasteiger partial charge in [0.05, 0.1) is 0 Å². The van der Waals surface area contributed by atoms with Crippen LogP contribution in [-0.2, 0) is 0 Å². The Balaban J connectivity index is 1.41. The number of nitrogens with zero attached hydrogens (tertiary/aromatic N) is 1. The molecule has 1 nitrogen and oxygen atoms in total. The lowest BCUT2D eigenvalue weighted by Crippen LogP contribution is -2.08. The Morgan fingerprint density at radius 1 is 0.325 bits per heavy atom. The van der Waals surface area contributed by atoms with Crippen LogP contribution in [0.1, 0.15) is 22.3 Å². The highest BCUT2D eigenvalue weighted by Gasteiger charge is 2.16. The van der Waals surface area contributed by atoms with Gasteiger partial charge in [0, 0.05) is 18.4 Å². The molecule has 0 fully saturated rings. The summed E-state index contributed by atoms with van der Waals surface area (Å²) in [6.07, 6.45) is 0. The van der Waals surface area contributed by atoms with E-state index in [1.807, 2.05) is 6.07 Å². The van der Waals surface area contributed by atoms with Crippen LogP contribution in [0.25, 0.3) is 22.3 Å². The molecule has 1 heteroatoms. The zero-order valence-corrected chi connectivity index (χ0v) is 22.6. The highest BCUT2D eigenvalue weighted by molar-refractivity contribution is 6.04. The summed E-state index contributed by atoms with van der Waals surface area (Å²) in [5, 5.41) is 0. The predicted octanol–water partition coefficient (Wildman–Crippen LogP) is 10.1. The van der Waals surface area contributed by atoms with Crippen molar-refractivity contribution in [1.82, 2.24) is 0 Å². The number of benzene rings is 6. The Kier molecular flexibility index (Phi) is 7.37. The maximum Gasteiger partial charge on any atom is 0.0408 e. The first-order chi connectivity index (χ1) is 19.8. The van der Waals surface area contributed by atoms with E-state index in [0.717, 1.165) is 5.69 Å². The summed E-state index contributed by atoms with van der Waals surface area (Å²) in [4.78, 5) is 2.21. The SMILES string of the molecule is CN(c1ccccc1)c1ccc(-c2ccc(C(=C(c3ccccc3)c3ccccc3)c3ccccc3)cc2)cc1. The molecule has 0 aliphatic heterocycles. The van der Waals surface area contributed by atoms with Gasteiger partial charge in [-0.25, -0.2) is 0 Å². The molecule has 40 heavy (non-hydrogen) atoms. The maximum absolute atomic E-state index is 2.26. The van der Waals surface area contributed by atoms with Crippen molar-refractivity contribution in [1.29, 1.82) is 0 Å². The van der Waals surface area contributed by atoms with Crippen LogP contribution in [0.3, 0.4) is 0 Å². The first-order valence-corrected chi connectivity index (χ1v) is 13.7. The van der Waals surface area contributed by atoms with Crippen molar-refractivity contribution >= 4 is 22.5 Å². The maximum atomic E-state index is 2.26. The summed E-state index contributed by atoms with van der Waals surface area (Å²) in [5.74, 6) is 0. The molecule has 0 atom stereocenters. The number of anilines is 2. The predicted molar refractivity (Wildman–Crippen MR) is 171 cm³/mol. The van der Waals surface area contributed by atoms with Crippen LogP contribution in [0.5, 0.6) is 0 Å². The van der Waals surface area contributed by atoms with Crippen molar-refractivity contribution in [2.45, 2.75) is 0 Å². The summed E-state index contributed by atoms with van der Waals surface area (Å²) >= 11 is 0. The van der Waals surface area contributed by atoms with Gasteiger partial charge in [0.15, 0.2) is 0 Å². The van der Waals surface area contributed by atoms with Crippen LogP contribution < -0.4 is 4.90 Å². The third-order valence-electron chi connectivity index (χ3n) is 7.34. The minimum absolute atomic E-state index is 1.16. The molecular formula is C39H31N. The molecule has 0 saturated heterocycles. The van der Waals surface area contributed by atoms with E-state index < -0.39 is 0 Å². The van der Waals surface area contributed by atoms with Crippen LogP contribution in [0.2, 0.25) is 0 Å². The molecule has 0 amide bonds. The average Bonchev–Trinajstić information content (AvgIpc) is 3.05. The van der Waals surface area contributed by atoms with Crippen LogP contribution in [0.4, 0.5) is 11.4 Å². The molecule has 6 rings (SSSR count). The first-order valence-electron chi connectivity index (χ1n) is 13.7. The number of hydrogen-bond acceptors (Lipinski definition) is 1. The lowest BCUT2D eigenvalue weighted by molar-refractivity contribution is 1.21. The fraction of sp³-hybridized carbons (Fsp3) is 0.0256. The zero-order valence-electron chi connectivity index (χ0n) is 22.6. The van der Waals surface area contributed by atoms with E-state index >= 15 is 0 Å². The van der Waals surface area contributed by atoms with Gasteiger partial charge in [-0.3, -0.25) is 0 Å². The van der Waals surface area contributed by atoms with Crippen molar-refractivity contribution in [3.63, 3.8) is 0 Å². The largest absolute Gasteiger partial charge is 0.345 e. The van der Waals surface area contributed by atoms with Gasteiger partial charge in [0.2, 0.25) is 0 Å². The standard InChI is InChI=1S/C39H31N/c1-40(36-20-12-5-13-21-36)37-28-26-31(27-29-37)30-22-24-35(25-23-30)39(34-18-10-4-11-19-34)38(32-14-6-2-7-15-32)33-16-8-3-9-17-33/h2-29H,1H3. The Bertz CT molecular complexity index is 1640. The van der Waals surface area contributed by atoms with Gasteiger partial charge < -0.3 is 4.90 Å². The monoisotopic (exact) mass is 513 g/mol. The number of rotatable bonds is 7. The molecule has 0 N–H and O–H groups in total. The molecular weight excluding hydrogens is 482 g/mol. The quantitative estimate of drug-likeness (QED) is 0.192. The summed E-state index contributed by atoms with van der Waals surface area (Å²) in [6.45, 7) is 0. The number of hydrogen-bond donors (Lipinski definition) is 0. The minimum atomic E-state index is 1.16. The van der Waals surface area contributed by atoms with Crippen molar-refractivity contribution in [2.75, 3.05) is 11.9 Å². The lowest BCUT2D eigenvalue weighted by atomic mass is 9.85. The third-order valence-corrected chi connectivity index (χ3v) is 7.34. The second-order valence-corrected chi connectivity index (χ2v) is 9.87. The van der Waals surface area contributed by atoms with E-state index in [1.165, 1.54) is 50.2 Å². The van der Waals surface area contributed by atoms with E-state index in [-0.39, 0.29) is 0 Å². The van der Waals surface area contributed by atoms with Gasteiger partial charge in [-0.1, -0.05) is 146 Å². The molecule has 0 aliphatic rings. The van der Waals surface area contributed by atoms with Crippen LogP contribution in [-0.4, -0.2) is 7.05 Å². The summed E-state index contributed by atoms with van der Waals surface area (Å²) < 4.78 is 0. The smallest absolute Gasteiger partial charge is 0.0408 e. The number of para-hydroxylation sites is 1. The highest BCUT2D eigenvalue weighted by Crippen LogP contribution is 2.37. The van der Waals surface area contributed by atoms with Crippen molar-refractivity contribution in [2.24, 2.45) is 0 Å². The topological polar surface area (TPSA) is 3.24 Å². The fourth-order valence-corrected chi connectivity index (χ4v) is 5.23. The molecule has 0 heterocycles. The van der Waals surface area contributed by atoms with E-state index in [4.69, 9.17) is 0 Å². The minimum Gasteiger partial charge on any atom is -0.345 e. The second-order valence-electron chi connectivity index (χ2n) is 9.87. The van der Waals surface area contributed by atoms with Crippen LogP contribution >= 0.6 is 0 Å². The van der Waals surface area contributed by atoms with Gasteiger partial charge in [-0.05, 0) is 68.8 Å². The van der Waals surface area contributed by atoms with E-state index in [0.29, 0.717) is 0 Å². The molecule has 0 spiro atoms. The summed E-state index contributed by atoms with van der Waals surface area (Å²) in [6, 6.07) is 60.4. The molecule has 192 valence electrons. The molecule has 6 aromatic rings. The Hall–Kier alpha value is -5.14. The Morgan fingerprint density at radius 2 is 0.625 bits per heavy atom. The Morgan fingerprint density at radius 3 is 1.02 bits per heavy atom. The molecule has 0 bridgehead atoms. The molecule has 0 saturated carbocycles. The van der Waals surface area contributed by atoms with Gasteiger partial charge in [0.1, 0.15) is 0 Å².